The van der Waals surface area contributed by atoms with E-state index in [9.17, 15) is 0 Å². The Bertz CT molecular complexity index is 433. The van der Waals surface area contributed by atoms with Gasteiger partial charge in [-0.2, -0.15) is 0 Å². The molecule has 21 heavy (non-hydrogen) atoms. The van der Waals surface area contributed by atoms with Crippen molar-refractivity contribution in [3.8, 4) is 0 Å². The Morgan fingerprint density at radius 3 is 2.95 bits per heavy atom. The van der Waals surface area contributed by atoms with Gasteiger partial charge in [0.05, 0.1) is 11.8 Å². The summed E-state index contributed by atoms with van der Waals surface area (Å²) in [6.45, 7) is 10.8. The maximum Gasteiger partial charge on any atom is 0.185 e. The Labute approximate surface area is 132 Å². The normalized spacial score (nSPS) is 19.5. The van der Waals surface area contributed by atoms with Gasteiger partial charge in [0.2, 0.25) is 0 Å². The Morgan fingerprint density at radius 2 is 2.29 bits per heavy atom. The van der Waals surface area contributed by atoms with Gasteiger partial charge >= 0.3 is 0 Å². The fourth-order valence-corrected chi connectivity index (χ4v) is 3.97. The molecule has 5 heteroatoms. The van der Waals surface area contributed by atoms with Crippen LogP contribution in [0.2, 0.25) is 0 Å². The molecule has 2 heterocycles. The Morgan fingerprint density at radius 1 is 1.48 bits per heavy atom. The van der Waals surface area contributed by atoms with E-state index in [2.05, 4.69) is 31.0 Å². The van der Waals surface area contributed by atoms with E-state index in [0.717, 1.165) is 26.2 Å². The highest BCUT2D eigenvalue weighted by atomic mass is 32.1. The number of nitrogens with one attached hydrogen (secondary N) is 1. The predicted molar refractivity (Wildman–Crippen MR) is 90.4 cm³/mol. The van der Waals surface area contributed by atoms with Crippen LogP contribution in [0, 0.1) is 0 Å². The largest absolute Gasteiger partial charge is 0.380 e. The molecule has 1 atom stereocenters. The van der Waals surface area contributed by atoms with Crippen molar-refractivity contribution in [2.45, 2.75) is 58.6 Å². The Kier molecular flexibility index (Phi) is 6.45. The van der Waals surface area contributed by atoms with Gasteiger partial charge in [-0.05, 0) is 31.7 Å². The lowest BCUT2D eigenvalue weighted by atomic mass is 10.1. The SMILES string of the molecule is CCCNCc1sc(N2CCCC(OC)C2)nc1C(C)C. The number of methoxy groups -OCH3 is 1. The maximum atomic E-state index is 5.53. The second-order valence-electron chi connectivity index (χ2n) is 6.08. The zero-order chi connectivity index (χ0) is 15.2. The summed E-state index contributed by atoms with van der Waals surface area (Å²) in [5.41, 5.74) is 1.26. The average molecular weight is 311 g/mol. The second kappa shape index (κ2) is 8.11. The number of anilines is 1. The van der Waals surface area contributed by atoms with Crippen LogP contribution in [0.5, 0.6) is 0 Å². The van der Waals surface area contributed by atoms with Crippen LogP contribution in [0.4, 0.5) is 5.13 Å². The third kappa shape index (κ3) is 4.41. The van der Waals surface area contributed by atoms with Gasteiger partial charge in [0.25, 0.3) is 0 Å². The van der Waals surface area contributed by atoms with Crippen LogP contribution >= 0.6 is 11.3 Å². The van der Waals surface area contributed by atoms with Crippen molar-refractivity contribution in [1.82, 2.24) is 10.3 Å². The van der Waals surface area contributed by atoms with E-state index in [1.165, 1.54) is 35.0 Å². The zero-order valence-electron chi connectivity index (χ0n) is 13.8. The maximum absolute atomic E-state index is 5.53. The number of aromatic nitrogens is 1. The highest BCUT2D eigenvalue weighted by Crippen LogP contribution is 2.32. The summed E-state index contributed by atoms with van der Waals surface area (Å²) in [6, 6.07) is 0. The van der Waals surface area contributed by atoms with Gasteiger partial charge in [0.15, 0.2) is 5.13 Å². The van der Waals surface area contributed by atoms with Crippen LogP contribution < -0.4 is 10.2 Å². The van der Waals surface area contributed by atoms with E-state index < -0.39 is 0 Å². The van der Waals surface area contributed by atoms with Crippen LogP contribution in [0.3, 0.4) is 0 Å². The third-order valence-electron chi connectivity index (χ3n) is 3.96. The molecular formula is C16H29N3OS. The molecule has 1 fully saturated rings. The lowest BCUT2D eigenvalue weighted by molar-refractivity contribution is 0.0893. The first-order valence-electron chi connectivity index (χ1n) is 8.13. The van der Waals surface area contributed by atoms with Crippen molar-refractivity contribution in [1.29, 1.82) is 0 Å². The lowest BCUT2D eigenvalue weighted by Crippen LogP contribution is -2.39. The molecule has 1 unspecified atom stereocenters. The standard InChI is InChI=1S/C16H29N3OS/c1-5-8-17-10-14-15(12(2)3)18-16(21-14)19-9-6-7-13(11-19)20-4/h12-13,17H,5-11H2,1-4H3. The van der Waals surface area contributed by atoms with Crippen molar-refractivity contribution < 1.29 is 4.74 Å². The molecule has 1 N–H and O–H groups in total. The molecule has 1 saturated heterocycles. The number of thiazole rings is 1. The molecular weight excluding hydrogens is 282 g/mol. The summed E-state index contributed by atoms with van der Waals surface area (Å²) in [5.74, 6) is 0.483. The molecule has 1 aromatic rings. The molecule has 4 nitrogen and oxygen atoms in total. The number of hydrogen-bond donors (Lipinski definition) is 1. The van der Waals surface area contributed by atoms with Gasteiger partial charge in [0, 0.05) is 31.6 Å². The van der Waals surface area contributed by atoms with Crippen molar-refractivity contribution in [3.63, 3.8) is 0 Å². The minimum Gasteiger partial charge on any atom is -0.380 e. The summed E-state index contributed by atoms with van der Waals surface area (Å²) in [6.07, 6.45) is 3.88. The monoisotopic (exact) mass is 311 g/mol. The zero-order valence-corrected chi connectivity index (χ0v) is 14.6. The average Bonchev–Trinajstić information content (AvgIpc) is 2.92. The van der Waals surface area contributed by atoms with E-state index in [4.69, 9.17) is 9.72 Å². The minimum absolute atomic E-state index is 0.354. The minimum atomic E-state index is 0.354. The fourth-order valence-electron chi connectivity index (χ4n) is 2.75. The first-order valence-corrected chi connectivity index (χ1v) is 8.95. The fraction of sp³-hybridized carbons (Fsp3) is 0.812. The molecule has 0 amide bonds. The van der Waals surface area contributed by atoms with Gasteiger partial charge in [0.1, 0.15) is 0 Å². The number of nitrogens with zero attached hydrogens (tertiary/aromatic N) is 2. The molecule has 0 aliphatic carbocycles. The number of ether oxygens (including phenoxy) is 1. The van der Waals surface area contributed by atoms with Crippen LogP contribution in [-0.4, -0.2) is 37.8 Å². The van der Waals surface area contributed by atoms with E-state index in [1.807, 2.05) is 18.4 Å². The summed E-state index contributed by atoms with van der Waals surface area (Å²) >= 11 is 1.85. The number of hydrogen-bond acceptors (Lipinski definition) is 5. The smallest absolute Gasteiger partial charge is 0.185 e. The molecule has 0 aromatic carbocycles. The predicted octanol–water partition coefficient (Wildman–Crippen LogP) is 3.38. The highest BCUT2D eigenvalue weighted by Gasteiger charge is 2.24. The van der Waals surface area contributed by atoms with Crippen LogP contribution in [0.25, 0.3) is 0 Å². The van der Waals surface area contributed by atoms with E-state index in [0.29, 0.717) is 12.0 Å². The third-order valence-corrected chi connectivity index (χ3v) is 5.09. The van der Waals surface area contributed by atoms with Crippen LogP contribution in [0.1, 0.15) is 56.5 Å². The molecule has 1 aliphatic rings. The quantitative estimate of drug-likeness (QED) is 0.783. The molecule has 2 rings (SSSR count). The molecule has 1 aromatic heterocycles. The lowest BCUT2D eigenvalue weighted by Gasteiger charge is -2.31. The topological polar surface area (TPSA) is 37.4 Å². The summed E-state index contributed by atoms with van der Waals surface area (Å²) in [7, 11) is 1.82. The molecule has 1 aliphatic heterocycles. The van der Waals surface area contributed by atoms with Gasteiger partial charge in [-0.1, -0.05) is 20.8 Å². The Hall–Kier alpha value is -0.650. The highest BCUT2D eigenvalue weighted by molar-refractivity contribution is 7.15. The van der Waals surface area contributed by atoms with Crippen LogP contribution in [0.15, 0.2) is 0 Å². The molecule has 0 spiro atoms. The van der Waals surface area contributed by atoms with Gasteiger partial charge in [-0.15, -0.1) is 11.3 Å². The molecule has 120 valence electrons. The van der Waals surface area contributed by atoms with Gasteiger partial charge < -0.3 is 15.0 Å². The van der Waals surface area contributed by atoms with Crippen molar-refractivity contribution in [2.24, 2.45) is 0 Å². The van der Waals surface area contributed by atoms with Crippen molar-refractivity contribution in [3.05, 3.63) is 10.6 Å². The first-order chi connectivity index (χ1) is 10.2. The van der Waals surface area contributed by atoms with E-state index in [1.54, 1.807) is 0 Å². The van der Waals surface area contributed by atoms with Crippen molar-refractivity contribution in [2.75, 3.05) is 31.6 Å². The van der Waals surface area contributed by atoms with Gasteiger partial charge in [-0.25, -0.2) is 4.98 Å². The van der Waals surface area contributed by atoms with Crippen LogP contribution in [-0.2, 0) is 11.3 Å². The number of rotatable bonds is 7. The van der Waals surface area contributed by atoms with E-state index >= 15 is 0 Å². The molecule has 0 saturated carbocycles. The molecule has 0 bridgehead atoms. The van der Waals surface area contributed by atoms with E-state index in [-0.39, 0.29) is 0 Å². The summed E-state index contributed by atoms with van der Waals surface area (Å²) < 4.78 is 5.53. The number of piperidine rings is 1. The second-order valence-corrected chi connectivity index (χ2v) is 7.14. The summed E-state index contributed by atoms with van der Waals surface area (Å²) in [5, 5.41) is 4.68. The first kappa shape index (κ1) is 16.7. The summed E-state index contributed by atoms with van der Waals surface area (Å²) in [4.78, 5) is 8.73. The van der Waals surface area contributed by atoms with Gasteiger partial charge in [-0.3, -0.25) is 0 Å². The Balaban J connectivity index is 2.10. The van der Waals surface area contributed by atoms with Crippen molar-refractivity contribution >= 4 is 16.5 Å². The molecule has 0 radical (unpaired) electrons.